The summed E-state index contributed by atoms with van der Waals surface area (Å²) in [7, 11) is 2.03. The fourth-order valence-electron chi connectivity index (χ4n) is 2.04. The van der Waals surface area contributed by atoms with Gasteiger partial charge in [0.25, 0.3) is 0 Å². The molecular weight excluding hydrogens is 234 g/mol. The highest BCUT2D eigenvalue weighted by atomic mass is 16.4. The number of hydrogen-bond acceptors (Lipinski definition) is 3. The maximum atomic E-state index is 12.0. The van der Waals surface area contributed by atoms with Crippen LogP contribution in [0.15, 0.2) is 0 Å². The number of urea groups is 1. The summed E-state index contributed by atoms with van der Waals surface area (Å²) in [4.78, 5) is 26.8. The molecule has 0 aromatic rings. The van der Waals surface area contributed by atoms with Crippen molar-refractivity contribution in [3.8, 4) is 0 Å². The van der Waals surface area contributed by atoms with Gasteiger partial charge in [-0.05, 0) is 26.4 Å². The molecule has 0 aromatic carbocycles. The number of carbonyl (C=O) groups is 2. The first-order valence-corrected chi connectivity index (χ1v) is 6.51. The molecule has 1 fully saturated rings. The van der Waals surface area contributed by atoms with E-state index in [2.05, 4.69) is 10.2 Å². The zero-order chi connectivity index (χ0) is 13.5. The van der Waals surface area contributed by atoms with Gasteiger partial charge in [-0.3, -0.25) is 0 Å². The first kappa shape index (κ1) is 14.8. The van der Waals surface area contributed by atoms with Crippen LogP contribution in [-0.2, 0) is 4.79 Å². The first-order valence-electron chi connectivity index (χ1n) is 6.51. The monoisotopic (exact) mass is 257 g/mol. The lowest BCUT2D eigenvalue weighted by Crippen LogP contribution is -2.48. The normalized spacial score (nSPS) is 19.1. The van der Waals surface area contributed by atoms with E-state index in [9.17, 15) is 9.59 Å². The molecule has 1 saturated heterocycles. The Hall–Kier alpha value is -1.30. The van der Waals surface area contributed by atoms with Crippen molar-refractivity contribution in [2.75, 3.05) is 33.2 Å². The van der Waals surface area contributed by atoms with Crippen molar-refractivity contribution in [1.82, 2.24) is 15.1 Å². The Labute approximate surface area is 108 Å². The fourth-order valence-corrected chi connectivity index (χ4v) is 2.04. The first-order chi connectivity index (χ1) is 8.54. The molecule has 104 valence electrons. The molecule has 0 unspecified atom stereocenters. The topological polar surface area (TPSA) is 72.9 Å². The van der Waals surface area contributed by atoms with Crippen LogP contribution in [0.3, 0.4) is 0 Å². The zero-order valence-electron chi connectivity index (χ0n) is 11.2. The van der Waals surface area contributed by atoms with Crippen molar-refractivity contribution in [2.45, 2.75) is 32.2 Å². The number of hydrogen-bond donors (Lipinski definition) is 2. The maximum absolute atomic E-state index is 12.0. The Kier molecular flexibility index (Phi) is 5.91. The number of carboxylic acids is 1. The third-order valence-electron chi connectivity index (χ3n) is 3.18. The van der Waals surface area contributed by atoms with E-state index in [0.29, 0.717) is 19.5 Å². The van der Waals surface area contributed by atoms with Crippen LogP contribution in [0.4, 0.5) is 4.79 Å². The van der Waals surface area contributed by atoms with Gasteiger partial charge in [0.05, 0.1) is 0 Å². The molecule has 0 radical (unpaired) electrons. The molecule has 1 rings (SSSR count). The van der Waals surface area contributed by atoms with Crippen LogP contribution in [0.1, 0.15) is 26.2 Å². The largest absolute Gasteiger partial charge is 0.480 e. The van der Waals surface area contributed by atoms with Crippen molar-refractivity contribution in [3.05, 3.63) is 0 Å². The Balaban J connectivity index is 2.49. The highest BCUT2D eigenvalue weighted by molar-refractivity contribution is 5.82. The molecule has 6 nitrogen and oxygen atoms in total. The maximum Gasteiger partial charge on any atom is 0.326 e. The predicted molar refractivity (Wildman–Crippen MR) is 68.6 cm³/mol. The van der Waals surface area contributed by atoms with Crippen molar-refractivity contribution in [2.24, 2.45) is 0 Å². The highest BCUT2D eigenvalue weighted by Crippen LogP contribution is 2.03. The summed E-state index contributed by atoms with van der Waals surface area (Å²) >= 11 is 0. The van der Waals surface area contributed by atoms with E-state index in [-0.39, 0.29) is 6.03 Å². The number of amides is 2. The second-order valence-corrected chi connectivity index (χ2v) is 4.77. The smallest absolute Gasteiger partial charge is 0.326 e. The minimum Gasteiger partial charge on any atom is -0.480 e. The quantitative estimate of drug-likeness (QED) is 0.773. The lowest BCUT2D eigenvalue weighted by molar-refractivity contribution is -0.139. The molecule has 6 heteroatoms. The van der Waals surface area contributed by atoms with Gasteiger partial charge in [0, 0.05) is 19.6 Å². The summed E-state index contributed by atoms with van der Waals surface area (Å²) in [6, 6.07) is -1.03. The summed E-state index contributed by atoms with van der Waals surface area (Å²) in [6.45, 7) is 5.05. The van der Waals surface area contributed by atoms with E-state index in [1.165, 1.54) is 0 Å². The van der Waals surface area contributed by atoms with Crippen LogP contribution in [0, 0.1) is 0 Å². The van der Waals surface area contributed by atoms with E-state index in [4.69, 9.17) is 5.11 Å². The van der Waals surface area contributed by atoms with Crippen LogP contribution < -0.4 is 5.32 Å². The molecule has 0 bridgehead atoms. The van der Waals surface area contributed by atoms with Gasteiger partial charge >= 0.3 is 12.0 Å². The Morgan fingerprint density at radius 3 is 2.61 bits per heavy atom. The van der Waals surface area contributed by atoms with Gasteiger partial charge < -0.3 is 20.2 Å². The van der Waals surface area contributed by atoms with E-state index in [0.717, 1.165) is 25.9 Å². The van der Waals surface area contributed by atoms with Gasteiger partial charge in [-0.25, -0.2) is 9.59 Å². The van der Waals surface area contributed by atoms with Gasteiger partial charge in [-0.2, -0.15) is 0 Å². The molecule has 2 amide bonds. The molecule has 1 aliphatic rings. The Bertz CT molecular complexity index is 296. The zero-order valence-corrected chi connectivity index (χ0v) is 11.2. The minimum atomic E-state index is -0.961. The molecule has 0 spiro atoms. The van der Waals surface area contributed by atoms with Crippen LogP contribution in [0.2, 0.25) is 0 Å². The number of nitrogens with zero attached hydrogens (tertiary/aromatic N) is 2. The third-order valence-corrected chi connectivity index (χ3v) is 3.18. The molecule has 0 saturated carbocycles. The molecule has 2 N–H and O–H groups in total. The van der Waals surface area contributed by atoms with Crippen LogP contribution >= 0.6 is 0 Å². The van der Waals surface area contributed by atoms with Gasteiger partial charge in [-0.1, -0.05) is 13.3 Å². The molecule has 1 aliphatic heterocycles. The van der Waals surface area contributed by atoms with Crippen LogP contribution in [0.25, 0.3) is 0 Å². The SMILES string of the molecule is CCC[C@H](NC(=O)N1CCCN(C)CC1)C(=O)O. The highest BCUT2D eigenvalue weighted by Gasteiger charge is 2.23. The number of aliphatic carboxylic acids is 1. The van der Waals surface area contributed by atoms with Crippen LogP contribution in [-0.4, -0.2) is 66.2 Å². The Morgan fingerprint density at radius 1 is 1.28 bits per heavy atom. The summed E-state index contributed by atoms with van der Waals surface area (Å²) in [6.07, 6.45) is 2.13. The minimum absolute atomic E-state index is 0.258. The number of carboxylic acid groups (broad SMARTS) is 1. The average molecular weight is 257 g/mol. The average Bonchev–Trinajstić information content (AvgIpc) is 2.53. The van der Waals surface area contributed by atoms with Crippen molar-refractivity contribution < 1.29 is 14.7 Å². The number of likely N-dealkylation sites (N-methyl/N-ethyl adjacent to an activating group) is 1. The van der Waals surface area contributed by atoms with E-state index in [1.807, 2.05) is 14.0 Å². The van der Waals surface area contributed by atoms with Crippen molar-refractivity contribution >= 4 is 12.0 Å². The molecule has 18 heavy (non-hydrogen) atoms. The van der Waals surface area contributed by atoms with Gasteiger partial charge in [0.1, 0.15) is 6.04 Å². The van der Waals surface area contributed by atoms with E-state index >= 15 is 0 Å². The van der Waals surface area contributed by atoms with Crippen molar-refractivity contribution in [1.29, 1.82) is 0 Å². The fraction of sp³-hybridized carbons (Fsp3) is 0.833. The standard InChI is InChI=1S/C12H23N3O3/c1-3-5-10(11(16)17)13-12(18)15-7-4-6-14(2)8-9-15/h10H,3-9H2,1-2H3,(H,13,18)(H,16,17)/t10-/m0/s1. The lowest BCUT2D eigenvalue weighted by Gasteiger charge is -2.23. The molecule has 0 aliphatic carbocycles. The van der Waals surface area contributed by atoms with Crippen LogP contribution in [0.5, 0.6) is 0 Å². The second-order valence-electron chi connectivity index (χ2n) is 4.77. The summed E-state index contributed by atoms with van der Waals surface area (Å²) in [5.74, 6) is -0.961. The summed E-state index contributed by atoms with van der Waals surface area (Å²) < 4.78 is 0. The molecular formula is C12H23N3O3. The van der Waals surface area contributed by atoms with E-state index < -0.39 is 12.0 Å². The Morgan fingerprint density at radius 2 is 2.00 bits per heavy atom. The third kappa shape index (κ3) is 4.52. The van der Waals surface area contributed by atoms with Crippen molar-refractivity contribution in [3.63, 3.8) is 0 Å². The van der Waals surface area contributed by atoms with Gasteiger partial charge in [-0.15, -0.1) is 0 Å². The predicted octanol–water partition coefficient (Wildman–Crippen LogP) is 0.587. The number of carbonyl (C=O) groups excluding carboxylic acids is 1. The van der Waals surface area contributed by atoms with E-state index in [1.54, 1.807) is 4.90 Å². The molecule has 1 heterocycles. The number of rotatable bonds is 4. The molecule has 0 aromatic heterocycles. The van der Waals surface area contributed by atoms with Gasteiger partial charge in [0.2, 0.25) is 0 Å². The second kappa shape index (κ2) is 7.20. The summed E-state index contributed by atoms with van der Waals surface area (Å²) in [5, 5.41) is 11.6. The number of nitrogens with one attached hydrogen (secondary N) is 1. The molecule has 1 atom stereocenters. The lowest BCUT2D eigenvalue weighted by atomic mass is 10.2. The summed E-state index contributed by atoms with van der Waals surface area (Å²) in [5.41, 5.74) is 0. The van der Waals surface area contributed by atoms with Gasteiger partial charge in [0.15, 0.2) is 0 Å².